The van der Waals surface area contributed by atoms with Gasteiger partial charge in [0, 0.05) is 24.2 Å². The maximum atomic E-state index is 13.8. The molecule has 10 heteroatoms. The van der Waals surface area contributed by atoms with Crippen LogP contribution in [0.1, 0.15) is 40.1 Å². The molecule has 0 unspecified atom stereocenters. The molecule has 0 saturated carbocycles. The number of benzene rings is 2. The number of hydrogen-bond donors (Lipinski definition) is 2. The minimum absolute atomic E-state index is 0.0904. The van der Waals surface area contributed by atoms with E-state index in [0.29, 0.717) is 17.2 Å². The van der Waals surface area contributed by atoms with E-state index in [2.05, 4.69) is 15.7 Å². The molecule has 32 heavy (non-hydrogen) atoms. The lowest BCUT2D eigenvalue weighted by atomic mass is 9.96. The number of alkyl halides is 3. The molecule has 7 nitrogen and oxygen atoms in total. The molecule has 0 saturated heterocycles. The van der Waals surface area contributed by atoms with Crippen LogP contribution in [0.4, 0.5) is 24.7 Å². The molecule has 0 aliphatic carbocycles. The van der Waals surface area contributed by atoms with Gasteiger partial charge in [-0.1, -0.05) is 29.8 Å². The zero-order chi connectivity index (χ0) is 22.5. The predicted molar refractivity (Wildman–Crippen MR) is 110 cm³/mol. The van der Waals surface area contributed by atoms with Crippen molar-refractivity contribution in [1.82, 2.24) is 9.78 Å². The van der Waals surface area contributed by atoms with Crippen LogP contribution < -0.4 is 20.1 Å². The Bertz CT molecular complexity index is 1170. The van der Waals surface area contributed by atoms with Crippen LogP contribution in [0.25, 0.3) is 0 Å². The van der Waals surface area contributed by atoms with Gasteiger partial charge in [0.2, 0.25) is 6.79 Å². The van der Waals surface area contributed by atoms with Gasteiger partial charge in [0.05, 0.1) is 6.04 Å². The summed E-state index contributed by atoms with van der Waals surface area (Å²) < 4.78 is 52.9. The van der Waals surface area contributed by atoms with Gasteiger partial charge in [-0.05, 0) is 24.6 Å². The molecular weight excluding hydrogens is 425 g/mol. The molecule has 2 aliphatic heterocycles. The summed E-state index contributed by atoms with van der Waals surface area (Å²) in [5, 5.41) is 9.71. The second-order valence-electron chi connectivity index (χ2n) is 7.78. The number of aryl methyl sites for hydroxylation is 1. The van der Waals surface area contributed by atoms with E-state index in [4.69, 9.17) is 9.47 Å². The van der Waals surface area contributed by atoms with Crippen molar-refractivity contribution in [1.29, 1.82) is 0 Å². The fraction of sp³-hybridized carbons (Fsp3) is 0.273. The van der Waals surface area contributed by atoms with Crippen LogP contribution in [-0.4, -0.2) is 28.7 Å². The number of halogens is 3. The van der Waals surface area contributed by atoms with Crippen LogP contribution in [-0.2, 0) is 0 Å². The second-order valence-corrected chi connectivity index (χ2v) is 7.78. The molecular formula is C22H19F3N4O3. The number of carbonyl (C=O) groups is 1. The minimum atomic E-state index is -4.52. The number of rotatable bonds is 3. The summed E-state index contributed by atoms with van der Waals surface area (Å²) in [5.41, 5.74) is 2.06. The Morgan fingerprint density at radius 1 is 1.12 bits per heavy atom. The first-order chi connectivity index (χ1) is 15.3. The summed E-state index contributed by atoms with van der Waals surface area (Å²) >= 11 is 0. The van der Waals surface area contributed by atoms with Crippen LogP contribution in [0.15, 0.2) is 48.5 Å². The van der Waals surface area contributed by atoms with Crippen molar-refractivity contribution >= 4 is 17.4 Å². The highest BCUT2D eigenvalue weighted by molar-refractivity contribution is 6.03. The van der Waals surface area contributed by atoms with Crippen molar-refractivity contribution in [3.8, 4) is 11.5 Å². The van der Waals surface area contributed by atoms with Gasteiger partial charge in [-0.3, -0.25) is 4.79 Å². The van der Waals surface area contributed by atoms with Crippen LogP contribution >= 0.6 is 0 Å². The van der Waals surface area contributed by atoms with Crippen molar-refractivity contribution in [2.24, 2.45) is 0 Å². The van der Waals surface area contributed by atoms with Gasteiger partial charge in [-0.25, -0.2) is 4.68 Å². The van der Waals surface area contributed by atoms with Crippen LogP contribution in [0, 0.1) is 6.92 Å². The van der Waals surface area contributed by atoms with E-state index >= 15 is 0 Å². The Balaban J connectivity index is 1.42. The minimum Gasteiger partial charge on any atom is -0.454 e. The third kappa shape index (κ3) is 3.72. The van der Waals surface area contributed by atoms with Crippen molar-refractivity contribution in [3.05, 3.63) is 65.4 Å². The lowest BCUT2D eigenvalue weighted by Gasteiger charge is -2.33. The lowest BCUT2D eigenvalue weighted by molar-refractivity contribution is -0.173. The maximum Gasteiger partial charge on any atom is 0.410 e. The van der Waals surface area contributed by atoms with Crippen molar-refractivity contribution < 1.29 is 27.4 Å². The second kappa shape index (κ2) is 7.47. The maximum absolute atomic E-state index is 13.8. The molecule has 3 aromatic rings. The lowest BCUT2D eigenvalue weighted by Crippen LogP contribution is -2.35. The van der Waals surface area contributed by atoms with Crippen molar-refractivity contribution in [2.45, 2.75) is 31.6 Å². The highest BCUT2D eigenvalue weighted by atomic mass is 19.4. The van der Waals surface area contributed by atoms with Crippen molar-refractivity contribution in [3.63, 3.8) is 0 Å². The molecule has 166 valence electrons. The molecule has 2 aromatic carbocycles. The average Bonchev–Trinajstić information content (AvgIpc) is 3.39. The highest BCUT2D eigenvalue weighted by Gasteiger charge is 2.46. The predicted octanol–water partition coefficient (Wildman–Crippen LogP) is 4.83. The van der Waals surface area contributed by atoms with E-state index in [1.165, 1.54) is 6.07 Å². The van der Waals surface area contributed by atoms with Gasteiger partial charge in [0.1, 0.15) is 5.82 Å². The Morgan fingerprint density at radius 3 is 2.62 bits per heavy atom. The fourth-order valence-corrected chi connectivity index (χ4v) is 3.87. The molecule has 5 rings (SSSR count). The first kappa shape index (κ1) is 20.2. The summed E-state index contributed by atoms with van der Waals surface area (Å²) in [4.78, 5) is 12.7. The standard InChI is InChI=1S/C22H19F3N4O3/c1-12-2-4-13(5-3-12)15-9-19(22(23,24)25)29-20(27-15)10-16(28-29)21(30)26-14-6-7-17-18(8-14)32-11-31-17/h2-8,10,15,19,27H,9,11H2,1H3,(H,26,30)/t15-,19-/m0/s1. The topological polar surface area (TPSA) is 77.4 Å². The molecule has 0 radical (unpaired) electrons. The Morgan fingerprint density at radius 2 is 1.88 bits per heavy atom. The number of fused-ring (bicyclic) bond motifs is 2. The molecule has 1 amide bonds. The number of aromatic nitrogens is 2. The van der Waals surface area contributed by atoms with Gasteiger partial charge in [-0.15, -0.1) is 0 Å². The average molecular weight is 444 g/mol. The molecule has 2 aliphatic rings. The van der Waals surface area contributed by atoms with Gasteiger partial charge in [-0.2, -0.15) is 18.3 Å². The molecule has 0 bridgehead atoms. The number of nitrogens with one attached hydrogen (secondary N) is 2. The van der Waals surface area contributed by atoms with Gasteiger partial charge >= 0.3 is 6.18 Å². The van der Waals surface area contributed by atoms with Crippen LogP contribution in [0.3, 0.4) is 0 Å². The molecule has 2 N–H and O–H groups in total. The summed E-state index contributed by atoms with van der Waals surface area (Å²) in [6.07, 6.45) is -4.75. The number of ether oxygens (including phenoxy) is 2. The number of amides is 1. The number of anilines is 2. The monoisotopic (exact) mass is 444 g/mol. The Labute approximate surface area is 181 Å². The summed E-state index contributed by atoms with van der Waals surface area (Å²) in [6, 6.07) is 11.1. The van der Waals surface area contributed by atoms with Gasteiger partial charge in [0.15, 0.2) is 23.2 Å². The van der Waals surface area contributed by atoms with E-state index < -0.39 is 24.2 Å². The third-order valence-electron chi connectivity index (χ3n) is 5.53. The molecule has 2 atom stereocenters. The highest BCUT2D eigenvalue weighted by Crippen LogP contribution is 2.43. The summed E-state index contributed by atoms with van der Waals surface area (Å²) in [7, 11) is 0. The van der Waals surface area contributed by atoms with Gasteiger partial charge < -0.3 is 20.1 Å². The van der Waals surface area contributed by atoms with E-state index in [1.807, 2.05) is 19.1 Å². The third-order valence-corrected chi connectivity index (χ3v) is 5.53. The van der Waals surface area contributed by atoms with E-state index in [0.717, 1.165) is 15.8 Å². The Hall–Kier alpha value is -3.69. The SMILES string of the molecule is Cc1ccc([C@@H]2C[C@@H](C(F)(F)F)n3nc(C(=O)Nc4ccc5c(c4)OCO5)cc3N2)cc1. The molecule has 0 spiro atoms. The molecule has 1 aromatic heterocycles. The van der Waals surface area contributed by atoms with Crippen LogP contribution in [0.2, 0.25) is 0 Å². The normalized spacial score (nSPS) is 19.2. The zero-order valence-corrected chi connectivity index (χ0v) is 16.9. The molecule has 3 heterocycles. The van der Waals surface area contributed by atoms with Crippen molar-refractivity contribution in [2.75, 3.05) is 17.4 Å². The number of nitrogens with zero attached hydrogens (tertiary/aromatic N) is 2. The zero-order valence-electron chi connectivity index (χ0n) is 16.9. The number of hydrogen-bond acceptors (Lipinski definition) is 5. The van der Waals surface area contributed by atoms with E-state index in [9.17, 15) is 18.0 Å². The summed E-state index contributed by atoms with van der Waals surface area (Å²) in [5.74, 6) is 0.548. The van der Waals surface area contributed by atoms with Gasteiger partial charge in [0.25, 0.3) is 5.91 Å². The first-order valence-corrected chi connectivity index (χ1v) is 9.98. The Kier molecular flexibility index (Phi) is 4.72. The quantitative estimate of drug-likeness (QED) is 0.605. The smallest absolute Gasteiger partial charge is 0.410 e. The van der Waals surface area contributed by atoms with E-state index in [1.54, 1.807) is 30.3 Å². The number of carbonyl (C=O) groups excluding carboxylic acids is 1. The summed E-state index contributed by atoms with van der Waals surface area (Å²) in [6.45, 7) is 2.00. The first-order valence-electron chi connectivity index (χ1n) is 9.98. The fourth-order valence-electron chi connectivity index (χ4n) is 3.87. The van der Waals surface area contributed by atoms with Crippen LogP contribution in [0.5, 0.6) is 11.5 Å². The van der Waals surface area contributed by atoms with E-state index in [-0.39, 0.29) is 24.7 Å². The molecule has 0 fully saturated rings. The largest absolute Gasteiger partial charge is 0.454 e.